The zero-order chi connectivity index (χ0) is 19.9. The molecule has 1 saturated heterocycles. The molecule has 0 bridgehead atoms. The van der Waals surface area contributed by atoms with E-state index in [0.717, 1.165) is 43.9 Å². The first-order valence-corrected chi connectivity index (χ1v) is 9.26. The number of halogens is 2. The van der Waals surface area contributed by atoms with E-state index in [1.165, 1.54) is 11.6 Å². The second-order valence-corrected chi connectivity index (χ2v) is 6.72. The summed E-state index contributed by atoms with van der Waals surface area (Å²) in [5.74, 6) is -0.982. The van der Waals surface area contributed by atoms with Gasteiger partial charge in [-0.05, 0) is 36.2 Å². The maximum Gasteiger partial charge on any atom is 0.260 e. The highest BCUT2D eigenvalue weighted by Gasteiger charge is 2.20. The minimum Gasteiger partial charge on any atom is -0.497 e. The fourth-order valence-electron chi connectivity index (χ4n) is 3.19. The Morgan fingerprint density at radius 1 is 1.04 bits per heavy atom. The van der Waals surface area contributed by atoms with Gasteiger partial charge in [0.2, 0.25) is 0 Å². The van der Waals surface area contributed by atoms with Crippen molar-refractivity contribution in [3.05, 3.63) is 59.7 Å². The van der Waals surface area contributed by atoms with Gasteiger partial charge in [-0.25, -0.2) is 8.78 Å². The van der Waals surface area contributed by atoms with E-state index in [2.05, 4.69) is 4.90 Å². The molecular formula is C21H24F2N2O3. The zero-order valence-corrected chi connectivity index (χ0v) is 15.9. The SMILES string of the molecule is COc1ccc(CN2CCCN(C(=O)COc3ccc(F)cc3F)CC2)cc1. The van der Waals surface area contributed by atoms with E-state index in [1.54, 1.807) is 12.0 Å². The Balaban J connectivity index is 1.48. The van der Waals surface area contributed by atoms with Crippen molar-refractivity contribution in [3.8, 4) is 11.5 Å². The van der Waals surface area contributed by atoms with Gasteiger partial charge >= 0.3 is 0 Å². The molecule has 1 amide bonds. The van der Waals surface area contributed by atoms with Crippen LogP contribution in [0.4, 0.5) is 8.78 Å². The quantitative estimate of drug-likeness (QED) is 0.760. The van der Waals surface area contributed by atoms with Gasteiger partial charge in [0.15, 0.2) is 18.2 Å². The van der Waals surface area contributed by atoms with Crippen LogP contribution in [-0.4, -0.2) is 55.6 Å². The van der Waals surface area contributed by atoms with Crippen molar-refractivity contribution in [3.63, 3.8) is 0 Å². The van der Waals surface area contributed by atoms with Gasteiger partial charge in [-0.3, -0.25) is 9.69 Å². The Kier molecular flexibility index (Phi) is 6.81. The number of carbonyl (C=O) groups excluding carboxylic acids is 1. The second-order valence-electron chi connectivity index (χ2n) is 6.72. The van der Waals surface area contributed by atoms with E-state index in [-0.39, 0.29) is 18.3 Å². The average Bonchev–Trinajstić information content (AvgIpc) is 2.93. The molecule has 0 unspecified atom stereocenters. The van der Waals surface area contributed by atoms with E-state index in [0.29, 0.717) is 13.1 Å². The molecule has 2 aromatic carbocycles. The van der Waals surface area contributed by atoms with Crippen LogP contribution < -0.4 is 9.47 Å². The molecule has 0 N–H and O–H groups in total. The molecule has 1 fully saturated rings. The third kappa shape index (κ3) is 5.42. The summed E-state index contributed by atoms with van der Waals surface area (Å²) in [5, 5.41) is 0. The number of rotatable bonds is 6. The van der Waals surface area contributed by atoms with Crippen molar-refractivity contribution in [1.29, 1.82) is 0 Å². The predicted octanol–water partition coefficient (Wildman–Crippen LogP) is 3.09. The number of amides is 1. The fourth-order valence-corrected chi connectivity index (χ4v) is 3.19. The van der Waals surface area contributed by atoms with Gasteiger partial charge in [0.1, 0.15) is 11.6 Å². The maximum atomic E-state index is 13.6. The Morgan fingerprint density at radius 3 is 2.54 bits per heavy atom. The van der Waals surface area contributed by atoms with Gasteiger partial charge in [0.05, 0.1) is 7.11 Å². The van der Waals surface area contributed by atoms with Crippen LogP contribution in [0.25, 0.3) is 0 Å². The zero-order valence-electron chi connectivity index (χ0n) is 15.9. The average molecular weight is 390 g/mol. The summed E-state index contributed by atoms with van der Waals surface area (Å²) in [4.78, 5) is 16.4. The molecule has 0 aromatic heterocycles. The second kappa shape index (κ2) is 9.50. The Bertz CT molecular complexity index is 799. The van der Waals surface area contributed by atoms with Crippen LogP contribution in [0.3, 0.4) is 0 Å². The highest BCUT2D eigenvalue weighted by Crippen LogP contribution is 2.18. The van der Waals surface area contributed by atoms with Crippen molar-refractivity contribution in [2.45, 2.75) is 13.0 Å². The van der Waals surface area contributed by atoms with Gasteiger partial charge in [0, 0.05) is 38.8 Å². The standard InChI is InChI=1S/C21H24F2N2O3/c1-27-18-6-3-16(4-7-18)14-24-9-2-10-25(12-11-24)21(26)15-28-20-8-5-17(22)13-19(20)23/h3-8,13H,2,9-12,14-15H2,1H3. The lowest BCUT2D eigenvalue weighted by atomic mass is 10.2. The minimum atomic E-state index is -0.811. The molecular weight excluding hydrogens is 366 g/mol. The molecule has 0 radical (unpaired) electrons. The molecule has 0 atom stereocenters. The highest BCUT2D eigenvalue weighted by molar-refractivity contribution is 5.77. The van der Waals surface area contributed by atoms with E-state index in [1.807, 2.05) is 24.3 Å². The lowest BCUT2D eigenvalue weighted by Gasteiger charge is -2.22. The summed E-state index contributed by atoms with van der Waals surface area (Å²) in [6.45, 7) is 3.41. The molecule has 7 heteroatoms. The van der Waals surface area contributed by atoms with Crippen LogP contribution in [-0.2, 0) is 11.3 Å². The molecule has 28 heavy (non-hydrogen) atoms. The number of ether oxygens (including phenoxy) is 2. The van der Waals surface area contributed by atoms with E-state index in [4.69, 9.17) is 9.47 Å². The van der Waals surface area contributed by atoms with Crippen molar-refractivity contribution in [2.75, 3.05) is 39.9 Å². The van der Waals surface area contributed by atoms with Crippen molar-refractivity contribution in [2.24, 2.45) is 0 Å². The molecule has 1 aliphatic heterocycles. The van der Waals surface area contributed by atoms with Crippen molar-refractivity contribution < 1.29 is 23.0 Å². The number of carbonyl (C=O) groups is 1. The van der Waals surface area contributed by atoms with E-state index in [9.17, 15) is 13.6 Å². The van der Waals surface area contributed by atoms with Crippen molar-refractivity contribution >= 4 is 5.91 Å². The first kappa shape index (κ1) is 20.1. The Labute approximate surface area is 163 Å². The first-order chi connectivity index (χ1) is 13.5. The summed E-state index contributed by atoms with van der Waals surface area (Å²) in [5.41, 5.74) is 1.19. The van der Waals surface area contributed by atoms with Crippen LogP contribution in [0.1, 0.15) is 12.0 Å². The van der Waals surface area contributed by atoms with Crippen LogP contribution in [0.15, 0.2) is 42.5 Å². The molecule has 3 rings (SSSR count). The van der Waals surface area contributed by atoms with E-state index < -0.39 is 11.6 Å². The van der Waals surface area contributed by atoms with E-state index >= 15 is 0 Å². The lowest BCUT2D eigenvalue weighted by molar-refractivity contribution is -0.133. The normalized spacial score (nSPS) is 15.2. The van der Waals surface area contributed by atoms with Crippen molar-refractivity contribution in [1.82, 2.24) is 9.80 Å². The molecule has 0 saturated carbocycles. The fraction of sp³-hybridized carbons (Fsp3) is 0.381. The summed E-state index contributed by atoms with van der Waals surface area (Å²) in [6.07, 6.45) is 0.854. The topological polar surface area (TPSA) is 42.0 Å². The number of methoxy groups -OCH3 is 1. The first-order valence-electron chi connectivity index (χ1n) is 9.26. The molecule has 0 aliphatic carbocycles. The van der Waals surface area contributed by atoms with Gasteiger partial charge < -0.3 is 14.4 Å². The summed E-state index contributed by atoms with van der Waals surface area (Å²) in [6, 6.07) is 11.0. The number of hydrogen-bond donors (Lipinski definition) is 0. The Hall–Kier alpha value is -2.67. The predicted molar refractivity (Wildman–Crippen MR) is 101 cm³/mol. The van der Waals surface area contributed by atoms with Gasteiger partial charge in [-0.2, -0.15) is 0 Å². The maximum absolute atomic E-state index is 13.6. The van der Waals surface area contributed by atoms with Crippen LogP contribution in [0.5, 0.6) is 11.5 Å². The third-order valence-electron chi connectivity index (χ3n) is 4.75. The molecule has 1 heterocycles. The molecule has 150 valence electrons. The molecule has 5 nitrogen and oxygen atoms in total. The molecule has 1 aliphatic rings. The minimum absolute atomic E-state index is 0.120. The summed E-state index contributed by atoms with van der Waals surface area (Å²) < 4.78 is 37.0. The third-order valence-corrected chi connectivity index (χ3v) is 4.75. The monoisotopic (exact) mass is 390 g/mol. The van der Waals surface area contributed by atoms with Crippen LogP contribution in [0.2, 0.25) is 0 Å². The van der Waals surface area contributed by atoms with Gasteiger partial charge in [0.25, 0.3) is 5.91 Å². The number of nitrogens with zero attached hydrogens (tertiary/aromatic N) is 2. The number of benzene rings is 2. The van der Waals surface area contributed by atoms with Gasteiger partial charge in [-0.1, -0.05) is 12.1 Å². The Morgan fingerprint density at radius 2 is 1.82 bits per heavy atom. The molecule has 0 spiro atoms. The molecule has 2 aromatic rings. The van der Waals surface area contributed by atoms with Gasteiger partial charge in [-0.15, -0.1) is 0 Å². The lowest BCUT2D eigenvalue weighted by Crippen LogP contribution is -2.38. The highest BCUT2D eigenvalue weighted by atomic mass is 19.1. The van der Waals surface area contributed by atoms with Crippen LogP contribution >= 0.6 is 0 Å². The van der Waals surface area contributed by atoms with Crippen LogP contribution in [0, 0.1) is 11.6 Å². The largest absolute Gasteiger partial charge is 0.497 e. The smallest absolute Gasteiger partial charge is 0.260 e. The number of hydrogen-bond acceptors (Lipinski definition) is 4. The summed E-state index contributed by atoms with van der Waals surface area (Å²) in [7, 11) is 1.64. The summed E-state index contributed by atoms with van der Waals surface area (Å²) >= 11 is 0.